The fraction of sp³-hybridized carbons (Fsp3) is 0.920. The van der Waals surface area contributed by atoms with E-state index < -0.39 is 36.2 Å². The first kappa shape index (κ1) is 28.7. The zero-order valence-corrected chi connectivity index (χ0v) is 21.0. The van der Waals surface area contributed by atoms with Crippen molar-refractivity contribution in [3.63, 3.8) is 0 Å². The zero-order valence-electron chi connectivity index (χ0n) is 21.0. The summed E-state index contributed by atoms with van der Waals surface area (Å²) in [7, 11) is 0. The lowest BCUT2D eigenvalue weighted by Gasteiger charge is -2.30. The van der Waals surface area contributed by atoms with Gasteiger partial charge < -0.3 is 25.6 Å². The molecule has 0 aromatic rings. The van der Waals surface area contributed by atoms with Crippen LogP contribution >= 0.6 is 0 Å². The number of carboxylic acids is 1. The molecular weight excluding hydrogens is 408 g/mol. The monoisotopic (exact) mass is 456 g/mol. The Hall–Kier alpha value is -1.34. The number of hydrogen-bond donors (Lipinski definition) is 4. The Morgan fingerprint density at radius 1 is 0.969 bits per heavy atom. The van der Waals surface area contributed by atoms with Gasteiger partial charge in [-0.15, -0.1) is 0 Å². The molecule has 2 aliphatic carbocycles. The van der Waals surface area contributed by atoms with Crippen LogP contribution in [0.25, 0.3) is 0 Å². The first-order chi connectivity index (χ1) is 15.0. The quantitative estimate of drug-likeness (QED) is 0.409. The van der Waals surface area contributed by atoms with Gasteiger partial charge in [-0.3, -0.25) is 4.79 Å². The molecule has 0 aliphatic heterocycles. The van der Waals surface area contributed by atoms with Crippen molar-refractivity contribution < 1.29 is 24.5 Å². The first-order valence-corrected chi connectivity index (χ1v) is 12.7. The van der Waals surface area contributed by atoms with Crippen molar-refractivity contribution in [2.24, 2.45) is 5.92 Å². The van der Waals surface area contributed by atoms with Crippen LogP contribution in [0, 0.1) is 5.92 Å². The summed E-state index contributed by atoms with van der Waals surface area (Å²) in [4.78, 5) is 22.3. The van der Waals surface area contributed by atoms with Crippen LogP contribution in [0.5, 0.6) is 0 Å². The van der Waals surface area contributed by atoms with E-state index in [0.717, 1.165) is 12.1 Å². The molecule has 2 aliphatic rings. The summed E-state index contributed by atoms with van der Waals surface area (Å²) >= 11 is 0. The summed E-state index contributed by atoms with van der Waals surface area (Å²) < 4.78 is 5.11. The molecule has 4 N–H and O–H groups in total. The summed E-state index contributed by atoms with van der Waals surface area (Å²) in [6.07, 6.45) is 13.1. The van der Waals surface area contributed by atoms with Gasteiger partial charge >= 0.3 is 12.1 Å². The van der Waals surface area contributed by atoms with Gasteiger partial charge in [0.15, 0.2) is 0 Å². The molecule has 188 valence electrons. The maximum Gasteiger partial charge on any atom is 0.407 e. The van der Waals surface area contributed by atoms with Crippen molar-refractivity contribution in [3.05, 3.63) is 0 Å². The van der Waals surface area contributed by atoms with E-state index in [1.54, 1.807) is 20.8 Å². The highest BCUT2D eigenvalue weighted by atomic mass is 16.6. The van der Waals surface area contributed by atoms with Crippen LogP contribution in [0.2, 0.25) is 0 Å². The minimum atomic E-state index is -1.14. The van der Waals surface area contributed by atoms with Gasteiger partial charge in [0.1, 0.15) is 5.60 Å². The minimum Gasteiger partial charge on any atom is -0.481 e. The molecule has 2 fully saturated rings. The van der Waals surface area contributed by atoms with Crippen LogP contribution in [0.3, 0.4) is 0 Å². The first-order valence-electron chi connectivity index (χ1n) is 12.7. The summed E-state index contributed by atoms with van der Waals surface area (Å²) in [6, 6.07) is 1.10. The van der Waals surface area contributed by atoms with Crippen LogP contribution in [0.4, 0.5) is 4.79 Å². The zero-order chi connectivity index (χ0) is 24.1. The lowest BCUT2D eigenvalue weighted by Crippen LogP contribution is -2.49. The van der Waals surface area contributed by atoms with Gasteiger partial charge in [-0.2, -0.15) is 0 Å². The number of carbonyl (C=O) groups excluding carboxylic acids is 1. The van der Waals surface area contributed by atoms with Crippen LogP contribution < -0.4 is 10.6 Å². The molecule has 2 saturated carbocycles. The number of aliphatic hydroxyl groups is 1. The third-order valence-corrected chi connectivity index (χ3v) is 6.42. The molecule has 7 heteroatoms. The average Bonchev–Trinajstić information content (AvgIpc) is 2.71. The van der Waals surface area contributed by atoms with E-state index in [-0.39, 0.29) is 5.92 Å². The van der Waals surface area contributed by atoms with Crippen molar-refractivity contribution in [1.82, 2.24) is 10.6 Å². The highest BCUT2D eigenvalue weighted by Crippen LogP contribution is 2.22. The molecule has 2 rings (SSSR count). The Labute approximate surface area is 195 Å². The molecule has 0 spiro atoms. The van der Waals surface area contributed by atoms with Crippen LogP contribution in [-0.4, -0.2) is 52.1 Å². The van der Waals surface area contributed by atoms with Crippen molar-refractivity contribution in [1.29, 1.82) is 0 Å². The molecule has 7 nitrogen and oxygen atoms in total. The third kappa shape index (κ3) is 12.6. The van der Waals surface area contributed by atoms with Crippen LogP contribution in [0.15, 0.2) is 0 Å². The third-order valence-electron chi connectivity index (χ3n) is 6.42. The Bertz CT molecular complexity index is 521. The second-order valence-electron chi connectivity index (χ2n) is 10.6. The van der Waals surface area contributed by atoms with Gasteiger partial charge in [-0.25, -0.2) is 4.79 Å². The minimum absolute atomic E-state index is 0.0538. The molecule has 1 unspecified atom stereocenters. The molecule has 0 bridgehead atoms. The molecule has 0 saturated heterocycles. The standard InChI is InChI=1S/C13H25NO5.C12H23N/c1-6-8(2)11(9(15)7-10(16)17)14-12(18)19-13(3,4)5;1-3-7-11(8-4-1)13-12-9-5-2-6-10-12/h8-9,11,15H,6-7H2,1-5H3,(H,14,18)(H,16,17);11-13H,1-10H2/t8-,9-,11?;/m0./s1. The van der Waals surface area contributed by atoms with E-state index in [1.165, 1.54) is 64.2 Å². The maximum absolute atomic E-state index is 11.7. The van der Waals surface area contributed by atoms with Crippen molar-refractivity contribution in [2.45, 2.75) is 141 Å². The Kier molecular flexibility index (Phi) is 13.2. The van der Waals surface area contributed by atoms with Crippen LogP contribution in [-0.2, 0) is 9.53 Å². The van der Waals surface area contributed by atoms with Crippen molar-refractivity contribution in [2.75, 3.05) is 0 Å². The number of nitrogens with one attached hydrogen (secondary N) is 2. The number of amides is 1. The number of rotatable bonds is 8. The molecule has 0 aromatic heterocycles. The molecule has 1 amide bonds. The molecule has 0 radical (unpaired) electrons. The molecule has 0 heterocycles. The summed E-state index contributed by atoms with van der Waals surface area (Å²) in [5.41, 5.74) is -0.637. The lowest BCUT2D eigenvalue weighted by molar-refractivity contribution is -0.139. The van der Waals surface area contributed by atoms with E-state index in [9.17, 15) is 14.7 Å². The number of hydrogen-bond acceptors (Lipinski definition) is 5. The van der Waals surface area contributed by atoms with Crippen LogP contribution in [0.1, 0.15) is 112 Å². The van der Waals surface area contributed by atoms with Gasteiger partial charge in [0.2, 0.25) is 0 Å². The largest absolute Gasteiger partial charge is 0.481 e. The SMILES string of the molecule is C1CCC(NC2CCCCC2)CC1.CC[C@H](C)C(NC(=O)OC(C)(C)C)[C@@H](O)CC(=O)O. The molecular formula is C25H48N2O5. The normalized spacial score (nSPS) is 20.9. The van der Waals surface area contributed by atoms with E-state index in [2.05, 4.69) is 10.6 Å². The predicted octanol–water partition coefficient (Wildman–Crippen LogP) is 5.00. The summed E-state index contributed by atoms with van der Waals surface area (Å²) in [5, 5.41) is 25.0. The average molecular weight is 457 g/mol. The Balaban J connectivity index is 0.000000339. The highest BCUT2D eigenvalue weighted by Gasteiger charge is 2.29. The number of ether oxygens (including phenoxy) is 1. The smallest absolute Gasteiger partial charge is 0.407 e. The molecule has 0 aromatic carbocycles. The fourth-order valence-electron chi connectivity index (χ4n) is 4.49. The molecule has 3 atom stereocenters. The predicted molar refractivity (Wildman–Crippen MR) is 128 cm³/mol. The van der Waals surface area contributed by atoms with Gasteiger partial charge in [-0.05, 0) is 52.4 Å². The topological polar surface area (TPSA) is 108 Å². The Morgan fingerprint density at radius 3 is 1.81 bits per heavy atom. The maximum atomic E-state index is 11.7. The molecule has 32 heavy (non-hydrogen) atoms. The van der Waals surface area contributed by atoms with Gasteiger partial charge in [-0.1, -0.05) is 58.8 Å². The van der Waals surface area contributed by atoms with Gasteiger partial charge in [0, 0.05) is 12.1 Å². The van der Waals surface area contributed by atoms with Gasteiger partial charge in [0.25, 0.3) is 0 Å². The van der Waals surface area contributed by atoms with E-state index in [1.807, 2.05) is 13.8 Å². The summed E-state index contributed by atoms with van der Waals surface area (Å²) in [5.74, 6) is -1.16. The van der Waals surface area contributed by atoms with Crippen molar-refractivity contribution >= 4 is 12.1 Å². The van der Waals surface area contributed by atoms with E-state index >= 15 is 0 Å². The fourth-order valence-corrected chi connectivity index (χ4v) is 4.49. The Morgan fingerprint density at radius 2 is 1.44 bits per heavy atom. The second kappa shape index (κ2) is 14.7. The van der Waals surface area contributed by atoms with E-state index in [4.69, 9.17) is 9.84 Å². The van der Waals surface area contributed by atoms with Crippen molar-refractivity contribution in [3.8, 4) is 0 Å². The number of aliphatic carboxylic acids is 1. The van der Waals surface area contributed by atoms with Gasteiger partial charge in [0.05, 0.1) is 18.6 Å². The summed E-state index contributed by atoms with van der Waals surface area (Å²) in [6.45, 7) is 8.95. The number of aliphatic hydroxyl groups excluding tert-OH is 1. The number of alkyl carbamates (subject to hydrolysis) is 1. The van der Waals surface area contributed by atoms with E-state index in [0.29, 0.717) is 6.42 Å². The highest BCUT2D eigenvalue weighted by molar-refractivity contribution is 5.69. The number of carbonyl (C=O) groups is 2. The number of carboxylic acid groups (broad SMARTS) is 1. The second-order valence-corrected chi connectivity index (χ2v) is 10.6. The lowest BCUT2D eigenvalue weighted by atomic mass is 9.91.